The second kappa shape index (κ2) is 6.34. The van der Waals surface area contributed by atoms with E-state index < -0.39 is 10.0 Å². The van der Waals surface area contributed by atoms with Gasteiger partial charge in [-0.05, 0) is 37.0 Å². The van der Waals surface area contributed by atoms with Crippen LogP contribution in [0, 0.1) is 5.92 Å². The number of carbonyl (C=O) groups excluding carboxylic acids is 1. The summed E-state index contributed by atoms with van der Waals surface area (Å²) < 4.78 is 22.8. The number of sulfonamides is 1. The van der Waals surface area contributed by atoms with E-state index in [2.05, 4.69) is 6.92 Å². The van der Waals surface area contributed by atoms with Gasteiger partial charge in [0.25, 0.3) is 5.91 Å². The molecule has 0 unspecified atom stereocenters. The van der Waals surface area contributed by atoms with Crippen LogP contribution in [0.2, 0.25) is 5.02 Å². The Kier molecular flexibility index (Phi) is 4.91. The van der Waals surface area contributed by atoms with Crippen molar-refractivity contribution in [1.29, 1.82) is 0 Å². The van der Waals surface area contributed by atoms with Gasteiger partial charge in [0.15, 0.2) is 0 Å². The van der Waals surface area contributed by atoms with E-state index in [1.54, 1.807) is 4.90 Å². The summed E-state index contributed by atoms with van der Waals surface area (Å²) >= 11 is 6.03. The molecule has 21 heavy (non-hydrogen) atoms. The van der Waals surface area contributed by atoms with Crippen molar-refractivity contribution < 1.29 is 13.2 Å². The van der Waals surface area contributed by atoms with E-state index in [0.29, 0.717) is 19.0 Å². The van der Waals surface area contributed by atoms with Crippen molar-refractivity contribution >= 4 is 27.5 Å². The molecule has 1 saturated heterocycles. The summed E-state index contributed by atoms with van der Waals surface area (Å²) in [7, 11) is -3.85. The van der Waals surface area contributed by atoms with Crippen molar-refractivity contribution in [3.05, 3.63) is 28.8 Å². The number of halogens is 1. The molecule has 0 bridgehead atoms. The van der Waals surface area contributed by atoms with Crippen LogP contribution >= 0.6 is 11.6 Å². The zero-order valence-corrected chi connectivity index (χ0v) is 13.5. The molecule has 7 heteroatoms. The molecule has 1 aliphatic rings. The lowest BCUT2D eigenvalue weighted by Gasteiger charge is -2.31. The van der Waals surface area contributed by atoms with E-state index in [9.17, 15) is 13.2 Å². The molecule has 0 saturated carbocycles. The Bertz CT molecular complexity index is 638. The van der Waals surface area contributed by atoms with E-state index in [1.165, 1.54) is 18.2 Å². The van der Waals surface area contributed by atoms with Gasteiger partial charge in [0.05, 0.1) is 15.5 Å². The number of benzene rings is 1. The smallest absolute Gasteiger partial charge is 0.255 e. The number of rotatable bonds is 3. The van der Waals surface area contributed by atoms with Crippen LogP contribution in [-0.2, 0) is 10.0 Å². The van der Waals surface area contributed by atoms with Crippen LogP contribution in [0.1, 0.15) is 36.5 Å². The Balaban J connectivity index is 2.23. The highest BCUT2D eigenvalue weighted by atomic mass is 35.5. The third-order valence-electron chi connectivity index (χ3n) is 3.98. The molecule has 1 fully saturated rings. The molecule has 0 atom stereocenters. The lowest BCUT2D eigenvalue weighted by Crippen LogP contribution is -2.38. The van der Waals surface area contributed by atoms with Crippen molar-refractivity contribution in [3.8, 4) is 0 Å². The maximum absolute atomic E-state index is 12.5. The summed E-state index contributed by atoms with van der Waals surface area (Å²) in [6.45, 7) is 3.50. The van der Waals surface area contributed by atoms with E-state index in [1.807, 2.05) is 0 Å². The SMILES string of the molecule is CCC1CCN(C(=O)c2cc(S(N)(=O)=O)ccc2Cl)CC1. The fourth-order valence-electron chi connectivity index (χ4n) is 2.56. The third-order valence-corrected chi connectivity index (χ3v) is 5.22. The summed E-state index contributed by atoms with van der Waals surface area (Å²) in [5.74, 6) is 0.417. The van der Waals surface area contributed by atoms with Gasteiger partial charge in [-0.15, -0.1) is 0 Å². The first-order valence-electron chi connectivity index (χ1n) is 6.94. The predicted octanol–water partition coefficient (Wildman–Crippen LogP) is 2.25. The van der Waals surface area contributed by atoms with Crippen LogP contribution in [0.3, 0.4) is 0 Å². The van der Waals surface area contributed by atoms with Gasteiger partial charge in [-0.2, -0.15) is 0 Å². The second-order valence-electron chi connectivity index (χ2n) is 5.33. The lowest BCUT2D eigenvalue weighted by atomic mass is 9.94. The number of nitrogens with two attached hydrogens (primary N) is 1. The Morgan fingerprint density at radius 1 is 1.38 bits per heavy atom. The molecule has 116 valence electrons. The Morgan fingerprint density at radius 2 is 2.00 bits per heavy atom. The average Bonchev–Trinajstić information content (AvgIpc) is 2.46. The van der Waals surface area contributed by atoms with Gasteiger partial charge in [-0.3, -0.25) is 4.79 Å². The number of piperidine rings is 1. The Morgan fingerprint density at radius 3 is 2.52 bits per heavy atom. The summed E-state index contributed by atoms with van der Waals surface area (Å²) in [4.78, 5) is 14.1. The molecule has 1 aromatic rings. The third kappa shape index (κ3) is 3.75. The standard InChI is InChI=1S/C14H19ClN2O3S/c1-2-10-5-7-17(8-6-10)14(18)12-9-11(21(16,19)20)3-4-13(12)15/h3-4,9-10H,2,5-8H2,1H3,(H2,16,19,20). The van der Waals surface area contributed by atoms with Gasteiger partial charge in [-0.1, -0.05) is 24.9 Å². The summed E-state index contributed by atoms with van der Waals surface area (Å²) in [6.07, 6.45) is 3.05. The molecule has 1 amide bonds. The van der Waals surface area contributed by atoms with Gasteiger partial charge < -0.3 is 4.90 Å². The molecule has 2 N–H and O–H groups in total. The predicted molar refractivity (Wildman–Crippen MR) is 81.7 cm³/mol. The fraction of sp³-hybridized carbons (Fsp3) is 0.500. The van der Waals surface area contributed by atoms with Crippen molar-refractivity contribution in [2.75, 3.05) is 13.1 Å². The van der Waals surface area contributed by atoms with E-state index in [0.717, 1.165) is 19.3 Å². The van der Waals surface area contributed by atoms with Gasteiger partial charge in [0, 0.05) is 13.1 Å². The lowest BCUT2D eigenvalue weighted by molar-refractivity contribution is 0.0688. The van der Waals surface area contributed by atoms with E-state index in [-0.39, 0.29) is 21.4 Å². The number of hydrogen-bond acceptors (Lipinski definition) is 3. The monoisotopic (exact) mass is 330 g/mol. The summed E-state index contributed by atoms with van der Waals surface area (Å²) in [5.41, 5.74) is 0.193. The highest BCUT2D eigenvalue weighted by Gasteiger charge is 2.25. The Hall–Kier alpha value is -1.11. The van der Waals surface area contributed by atoms with Crippen molar-refractivity contribution in [3.63, 3.8) is 0 Å². The van der Waals surface area contributed by atoms with Crippen LogP contribution in [-0.4, -0.2) is 32.3 Å². The maximum Gasteiger partial charge on any atom is 0.255 e. The fourth-order valence-corrected chi connectivity index (χ4v) is 3.30. The van der Waals surface area contributed by atoms with Gasteiger partial charge in [0.2, 0.25) is 10.0 Å². The average molecular weight is 331 g/mol. The zero-order valence-electron chi connectivity index (χ0n) is 11.9. The van der Waals surface area contributed by atoms with Crippen LogP contribution in [0.15, 0.2) is 23.1 Å². The maximum atomic E-state index is 12.5. The van der Waals surface area contributed by atoms with Gasteiger partial charge in [-0.25, -0.2) is 13.6 Å². The highest BCUT2D eigenvalue weighted by Crippen LogP contribution is 2.25. The first-order chi connectivity index (χ1) is 9.82. The molecule has 0 spiro atoms. The normalized spacial score (nSPS) is 17.0. The molecule has 5 nitrogen and oxygen atoms in total. The molecule has 1 aromatic carbocycles. The molecule has 0 aliphatic carbocycles. The molecule has 1 aliphatic heterocycles. The zero-order chi connectivity index (χ0) is 15.6. The minimum absolute atomic E-state index is 0.0984. The number of primary sulfonamides is 1. The van der Waals surface area contributed by atoms with E-state index in [4.69, 9.17) is 16.7 Å². The molecule has 0 radical (unpaired) electrons. The summed E-state index contributed by atoms with van der Waals surface area (Å²) in [5, 5.41) is 5.34. The Labute approximate surface area is 130 Å². The van der Waals surface area contributed by atoms with E-state index >= 15 is 0 Å². The minimum atomic E-state index is -3.85. The topological polar surface area (TPSA) is 80.5 Å². The van der Waals surface area contributed by atoms with Crippen molar-refractivity contribution in [1.82, 2.24) is 4.90 Å². The largest absolute Gasteiger partial charge is 0.339 e. The van der Waals surface area contributed by atoms with Gasteiger partial charge >= 0.3 is 0 Å². The molecule has 2 rings (SSSR count). The number of nitrogens with zero attached hydrogens (tertiary/aromatic N) is 1. The van der Waals surface area contributed by atoms with Crippen LogP contribution < -0.4 is 5.14 Å². The molecule has 0 aromatic heterocycles. The van der Waals surface area contributed by atoms with Crippen molar-refractivity contribution in [2.24, 2.45) is 11.1 Å². The van der Waals surface area contributed by atoms with Crippen LogP contribution in [0.4, 0.5) is 0 Å². The minimum Gasteiger partial charge on any atom is -0.339 e. The molecular weight excluding hydrogens is 312 g/mol. The van der Waals surface area contributed by atoms with Gasteiger partial charge in [0.1, 0.15) is 0 Å². The first kappa shape index (κ1) is 16.3. The second-order valence-corrected chi connectivity index (χ2v) is 7.30. The molecule has 1 heterocycles. The quantitative estimate of drug-likeness (QED) is 0.923. The van der Waals surface area contributed by atoms with Crippen LogP contribution in [0.25, 0.3) is 0 Å². The first-order valence-corrected chi connectivity index (χ1v) is 8.87. The summed E-state index contributed by atoms with van der Waals surface area (Å²) in [6, 6.07) is 3.96. The highest BCUT2D eigenvalue weighted by molar-refractivity contribution is 7.89. The van der Waals surface area contributed by atoms with Crippen LogP contribution in [0.5, 0.6) is 0 Å². The molecular formula is C14H19ClN2O3S. The number of hydrogen-bond donors (Lipinski definition) is 1. The van der Waals surface area contributed by atoms with Crippen molar-refractivity contribution in [2.45, 2.75) is 31.1 Å². The number of likely N-dealkylation sites (tertiary alicyclic amines) is 1. The number of amides is 1. The number of carbonyl (C=O) groups is 1.